The molecule has 0 unspecified atom stereocenters. The Hall–Kier alpha value is -2.48. The summed E-state index contributed by atoms with van der Waals surface area (Å²) in [5.41, 5.74) is 2.60. The largest absolute Gasteiger partial charge is 0.323 e. The van der Waals surface area contributed by atoms with Crippen LogP contribution in [0.4, 0.5) is 11.6 Å². The van der Waals surface area contributed by atoms with Gasteiger partial charge in [0.25, 0.3) is 0 Å². The van der Waals surface area contributed by atoms with Gasteiger partial charge in [-0.05, 0) is 45.9 Å². The monoisotopic (exact) mass is 345 g/mol. The minimum atomic E-state index is -3.37. The lowest BCUT2D eigenvalue weighted by Gasteiger charge is -2.11. The van der Waals surface area contributed by atoms with Crippen molar-refractivity contribution < 1.29 is 8.42 Å². The highest BCUT2D eigenvalue weighted by Crippen LogP contribution is 2.27. The van der Waals surface area contributed by atoms with E-state index in [-0.39, 0.29) is 4.90 Å². The maximum atomic E-state index is 12.4. The van der Waals surface area contributed by atoms with Crippen LogP contribution in [0.1, 0.15) is 25.1 Å². The number of nitrogens with zero attached hydrogens (tertiary/aromatic N) is 3. The first-order chi connectivity index (χ1) is 11.3. The van der Waals surface area contributed by atoms with E-state index in [9.17, 15) is 8.42 Å². The Bertz CT molecular complexity index is 1010. The second-order valence-corrected chi connectivity index (χ2v) is 8.45. The topological polar surface area (TPSA) is 101 Å². The van der Waals surface area contributed by atoms with Crippen LogP contribution in [0.5, 0.6) is 0 Å². The number of rotatable bonds is 4. The first kappa shape index (κ1) is 16.4. The Morgan fingerprint density at radius 1 is 1.12 bits per heavy atom. The van der Waals surface area contributed by atoms with Gasteiger partial charge in [0, 0.05) is 16.6 Å². The van der Waals surface area contributed by atoms with Crippen molar-refractivity contribution in [3.05, 3.63) is 35.8 Å². The molecule has 0 aliphatic rings. The molecule has 3 rings (SSSR count). The molecule has 7 nitrogen and oxygen atoms in total. The molecule has 3 aromatic rings. The smallest absolute Gasteiger partial charge is 0.180 e. The molecule has 2 aromatic heterocycles. The fraction of sp³-hybridized carbons (Fsp3) is 0.312. The lowest BCUT2D eigenvalue weighted by atomic mass is 10.2. The zero-order chi connectivity index (χ0) is 17.5. The molecular formula is C16H19N5O2S. The van der Waals surface area contributed by atoms with Gasteiger partial charge in [0.2, 0.25) is 0 Å². The van der Waals surface area contributed by atoms with Crippen molar-refractivity contribution in [1.29, 1.82) is 0 Å². The maximum Gasteiger partial charge on any atom is 0.180 e. The van der Waals surface area contributed by atoms with Crippen LogP contribution >= 0.6 is 0 Å². The Morgan fingerprint density at radius 3 is 2.50 bits per heavy atom. The minimum Gasteiger partial charge on any atom is -0.323 e. The van der Waals surface area contributed by atoms with Crippen LogP contribution in [-0.2, 0) is 9.84 Å². The summed E-state index contributed by atoms with van der Waals surface area (Å²) in [6, 6.07) is 4.89. The molecule has 0 spiro atoms. The third-order valence-electron chi connectivity index (χ3n) is 4.05. The van der Waals surface area contributed by atoms with Gasteiger partial charge in [-0.3, -0.25) is 5.10 Å². The van der Waals surface area contributed by atoms with Crippen LogP contribution < -0.4 is 5.32 Å². The molecular weight excluding hydrogens is 326 g/mol. The van der Waals surface area contributed by atoms with Crippen LogP contribution in [0.25, 0.3) is 10.9 Å². The third kappa shape index (κ3) is 2.73. The lowest BCUT2D eigenvalue weighted by molar-refractivity contribution is 0.587. The van der Waals surface area contributed by atoms with E-state index in [4.69, 9.17) is 0 Å². The molecule has 8 heteroatoms. The number of anilines is 2. The number of aromatic nitrogens is 4. The number of benzene rings is 1. The van der Waals surface area contributed by atoms with Gasteiger partial charge in [-0.2, -0.15) is 5.10 Å². The number of H-pyrrole nitrogens is 1. The molecule has 0 saturated carbocycles. The number of sulfone groups is 1. The standard InChI is InChI=1S/C16H19N5O2S/c1-9(2)24(22,23)12-5-6-14-13(7-12)16(18-8-17-14)19-15-10(3)11(4)20-21-15/h5-9H,1-4H3,(H2,17,18,19,20,21). The quantitative estimate of drug-likeness (QED) is 0.754. The number of fused-ring (bicyclic) bond motifs is 1. The van der Waals surface area contributed by atoms with E-state index in [1.807, 2.05) is 13.8 Å². The molecule has 0 aliphatic carbocycles. The summed E-state index contributed by atoms with van der Waals surface area (Å²) >= 11 is 0. The van der Waals surface area contributed by atoms with Crippen molar-refractivity contribution in [3.63, 3.8) is 0 Å². The molecule has 2 N–H and O–H groups in total. The zero-order valence-corrected chi connectivity index (χ0v) is 14.8. The van der Waals surface area contributed by atoms with Crippen LogP contribution in [0.2, 0.25) is 0 Å². The summed E-state index contributed by atoms with van der Waals surface area (Å²) in [7, 11) is -3.37. The lowest BCUT2D eigenvalue weighted by Crippen LogP contribution is -2.14. The molecule has 0 atom stereocenters. The Labute approximate surface area is 140 Å². The Kier molecular flexibility index (Phi) is 4.00. The number of aromatic amines is 1. The van der Waals surface area contributed by atoms with Crippen LogP contribution in [0.15, 0.2) is 29.4 Å². The number of nitrogens with one attached hydrogen (secondary N) is 2. The molecule has 0 saturated heterocycles. The summed E-state index contributed by atoms with van der Waals surface area (Å²) in [6.07, 6.45) is 1.44. The first-order valence-electron chi connectivity index (χ1n) is 7.58. The van der Waals surface area contributed by atoms with E-state index < -0.39 is 15.1 Å². The normalized spacial score (nSPS) is 12.0. The summed E-state index contributed by atoms with van der Waals surface area (Å²) in [5.74, 6) is 1.18. The molecule has 0 aliphatic heterocycles. The molecule has 24 heavy (non-hydrogen) atoms. The molecule has 0 radical (unpaired) electrons. The Balaban J connectivity index is 2.13. The SMILES string of the molecule is Cc1[nH]nc(Nc2ncnc3ccc(S(=O)(=O)C(C)C)cc23)c1C. The van der Waals surface area contributed by atoms with Crippen molar-refractivity contribution in [2.24, 2.45) is 0 Å². The van der Waals surface area contributed by atoms with Gasteiger partial charge in [0.15, 0.2) is 15.7 Å². The van der Waals surface area contributed by atoms with Gasteiger partial charge in [0.05, 0.1) is 15.7 Å². The summed E-state index contributed by atoms with van der Waals surface area (Å²) in [6.45, 7) is 7.20. The fourth-order valence-electron chi connectivity index (χ4n) is 2.30. The average Bonchev–Trinajstić information content (AvgIpc) is 2.86. The zero-order valence-electron chi connectivity index (χ0n) is 14.0. The maximum absolute atomic E-state index is 12.4. The van der Waals surface area contributed by atoms with Gasteiger partial charge >= 0.3 is 0 Å². The van der Waals surface area contributed by atoms with Crippen LogP contribution in [-0.4, -0.2) is 33.8 Å². The molecule has 0 bridgehead atoms. The van der Waals surface area contributed by atoms with E-state index in [0.717, 1.165) is 11.3 Å². The highest BCUT2D eigenvalue weighted by molar-refractivity contribution is 7.92. The number of hydrogen-bond acceptors (Lipinski definition) is 6. The van der Waals surface area contributed by atoms with Gasteiger partial charge in [0.1, 0.15) is 12.1 Å². The Morgan fingerprint density at radius 2 is 1.88 bits per heavy atom. The summed E-state index contributed by atoms with van der Waals surface area (Å²) in [5, 5.41) is 10.4. The molecule has 2 heterocycles. The van der Waals surface area contributed by atoms with E-state index >= 15 is 0 Å². The molecule has 0 amide bonds. The van der Waals surface area contributed by atoms with Crippen LogP contribution in [0.3, 0.4) is 0 Å². The van der Waals surface area contributed by atoms with E-state index in [2.05, 4.69) is 25.5 Å². The fourth-order valence-corrected chi connectivity index (χ4v) is 3.39. The highest BCUT2D eigenvalue weighted by Gasteiger charge is 2.20. The molecule has 1 aromatic carbocycles. The average molecular weight is 345 g/mol. The van der Waals surface area contributed by atoms with E-state index in [0.29, 0.717) is 22.5 Å². The number of hydrogen-bond donors (Lipinski definition) is 2. The first-order valence-corrected chi connectivity index (χ1v) is 9.12. The van der Waals surface area contributed by atoms with E-state index in [1.165, 1.54) is 6.33 Å². The summed E-state index contributed by atoms with van der Waals surface area (Å²) < 4.78 is 24.8. The predicted molar refractivity (Wildman–Crippen MR) is 93.2 cm³/mol. The van der Waals surface area contributed by atoms with Crippen molar-refractivity contribution in [2.75, 3.05) is 5.32 Å². The van der Waals surface area contributed by atoms with Crippen molar-refractivity contribution in [3.8, 4) is 0 Å². The van der Waals surface area contributed by atoms with E-state index in [1.54, 1.807) is 32.0 Å². The van der Waals surface area contributed by atoms with Crippen molar-refractivity contribution in [1.82, 2.24) is 20.2 Å². The number of aryl methyl sites for hydroxylation is 1. The second-order valence-electron chi connectivity index (χ2n) is 5.94. The van der Waals surface area contributed by atoms with Gasteiger partial charge in [-0.15, -0.1) is 0 Å². The van der Waals surface area contributed by atoms with Crippen molar-refractivity contribution in [2.45, 2.75) is 37.8 Å². The molecule has 126 valence electrons. The third-order valence-corrected chi connectivity index (χ3v) is 6.20. The molecule has 0 fully saturated rings. The van der Waals surface area contributed by atoms with Gasteiger partial charge in [-0.1, -0.05) is 0 Å². The van der Waals surface area contributed by atoms with Crippen molar-refractivity contribution >= 4 is 32.4 Å². The van der Waals surface area contributed by atoms with Gasteiger partial charge < -0.3 is 5.32 Å². The highest BCUT2D eigenvalue weighted by atomic mass is 32.2. The predicted octanol–water partition coefficient (Wildman–Crippen LogP) is 2.90. The second kappa shape index (κ2) is 5.86. The minimum absolute atomic E-state index is 0.262. The summed E-state index contributed by atoms with van der Waals surface area (Å²) in [4.78, 5) is 8.72. The van der Waals surface area contributed by atoms with Gasteiger partial charge in [-0.25, -0.2) is 18.4 Å². The van der Waals surface area contributed by atoms with Crippen LogP contribution in [0, 0.1) is 13.8 Å².